The Morgan fingerprint density at radius 1 is 0.533 bits per heavy atom. The van der Waals surface area contributed by atoms with Gasteiger partial charge < -0.3 is 65.6 Å². The third-order valence-corrected chi connectivity index (χ3v) is 12.2. The summed E-state index contributed by atoms with van der Waals surface area (Å²) in [6.07, 6.45) is 1.37. The Hall–Kier alpha value is -7.06. The molecule has 0 bridgehead atoms. The molecule has 2 aliphatic rings. The number of rotatable bonds is 29. The molecule has 4 aromatic carbocycles. The van der Waals surface area contributed by atoms with Gasteiger partial charge in [-0.25, -0.2) is 19.2 Å². The van der Waals surface area contributed by atoms with Crippen molar-refractivity contribution in [2.45, 2.75) is 95.2 Å². The molecule has 6 rings (SSSR count). The summed E-state index contributed by atoms with van der Waals surface area (Å²) in [5, 5.41) is 28.4. The summed E-state index contributed by atoms with van der Waals surface area (Å²) in [5.74, 6) is -2.25. The number of nitrogens with one attached hydrogen (secondary N) is 4. The van der Waals surface area contributed by atoms with E-state index in [0.717, 1.165) is 11.1 Å². The zero-order valence-electron chi connectivity index (χ0n) is 43.1. The maximum atomic E-state index is 12.3. The zero-order valence-corrected chi connectivity index (χ0v) is 43.1. The highest BCUT2D eigenvalue weighted by Crippen LogP contribution is 2.45. The minimum atomic E-state index is -1.13. The number of carbonyl (C=O) groups is 6. The molecule has 2 atom stereocenters. The van der Waals surface area contributed by atoms with Crippen molar-refractivity contribution in [3.05, 3.63) is 119 Å². The highest BCUT2D eigenvalue weighted by molar-refractivity contribution is 5.82. The number of unbranched alkanes of at least 4 members (excludes halogenated alkanes) is 2. The Kier molecular flexibility index (Phi) is 24.3. The second kappa shape index (κ2) is 31.0. The SMILES string of the molecule is CC(C)(C)OC(=O)NC(CCCCNC(=O)OCC1c2ccccc2-c2ccccc21)C(=O)O.NC(CCCCNC(=O)OCC1c2ccccc2-c2ccccc21)C(=O)NCCOCCOCCOCCC(=O)O. The van der Waals surface area contributed by atoms with E-state index in [9.17, 15) is 33.9 Å². The number of carboxylic acid groups (broad SMARTS) is 2. The number of hydrogen-bond acceptors (Lipinski definition) is 13. The Bertz CT molecular complexity index is 2390. The van der Waals surface area contributed by atoms with Gasteiger partial charge in [0, 0.05) is 31.5 Å². The number of fused-ring (bicyclic) bond motifs is 6. The van der Waals surface area contributed by atoms with Crippen molar-refractivity contribution < 1.29 is 67.4 Å². The molecule has 19 heteroatoms. The summed E-state index contributed by atoms with van der Waals surface area (Å²) in [5.41, 5.74) is 14.6. The van der Waals surface area contributed by atoms with E-state index in [1.54, 1.807) is 20.8 Å². The Morgan fingerprint density at radius 3 is 1.37 bits per heavy atom. The third-order valence-electron chi connectivity index (χ3n) is 12.2. The largest absolute Gasteiger partial charge is 0.481 e. The summed E-state index contributed by atoms with van der Waals surface area (Å²) >= 11 is 0. The van der Waals surface area contributed by atoms with Crippen LogP contribution in [0.3, 0.4) is 0 Å². The van der Waals surface area contributed by atoms with Crippen LogP contribution in [0.1, 0.15) is 99.8 Å². The first kappa shape index (κ1) is 58.8. The molecule has 4 aromatic rings. The standard InChI is InChI=1S/C30H41N3O8.C26H32N2O6/c31-27(29(36)32-14-16-39-18-20-40-19-17-38-15-12-28(34)35)11-5-6-13-33-30(37)41-21-26-24-9-3-1-7-22(24)23-8-2-4-10-25(23)26;1-26(2,3)34-25(32)28-22(23(29)30)14-8-9-15-27-24(31)33-16-21-19-12-6-4-10-17(19)18-11-5-7-13-20(18)21/h1-4,7-10,26-27H,5-6,11-21,31H2,(H,32,36)(H,33,37)(H,34,35);4-7,10-13,21-22H,8-9,14-16H2,1-3H3,(H,27,31)(H,28,32)(H,29,30). The minimum absolute atomic E-state index is 0.00611. The number of amides is 4. The van der Waals surface area contributed by atoms with Crippen LogP contribution >= 0.6 is 0 Å². The molecular weight excluding hydrogens is 967 g/mol. The van der Waals surface area contributed by atoms with Gasteiger partial charge in [-0.15, -0.1) is 0 Å². The fraction of sp³-hybridized carbons (Fsp3) is 0.464. The quantitative estimate of drug-likeness (QED) is 0.0207. The van der Waals surface area contributed by atoms with Crippen LogP contribution in [-0.4, -0.2) is 137 Å². The van der Waals surface area contributed by atoms with Gasteiger partial charge in [0.1, 0.15) is 24.9 Å². The molecule has 406 valence electrons. The summed E-state index contributed by atoms with van der Waals surface area (Å²) in [4.78, 5) is 70.2. The molecule has 0 saturated carbocycles. The van der Waals surface area contributed by atoms with Crippen LogP contribution < -0.4 is 27.0 Å². The lowest BCUT2D eigenvalue weighted by Gasteiger charge is -2.22. The molecule has 2 unspecified atom stereocenters. The van der Waals surface area contributed by atoms with Crippen LogP contribution in [0.4, 0.5) is 14.4 Å². The number of carbonyl (C=O) groups excluding carboxylic acids is 4. The number of aliphatic carboxylic acids is 2. The van der Waals surface area contributed by atoms with E-state index in [-0.39, 0.29) is 50.4 Å². The van der Waals surface area contributed by atoms with Crippen molar-refractivity contribution in [1.29, 1.82) is 0 Å². The average molecular weight is 1040 g/mol. The molecule has 0 aliphatic heterocycles. The predicted octanol–water partition coefficient (Wildman–Crippen LogP) is 7.34. The van der Waals surface area contributed by atoms with Crippen molar-refractivity contribution in [1.82, 2.24) is 21.3 Å². The first-order chi connectivity index (χ1) is 36.1. The summed E-state index contributed by atoms with van der Waals surface area (Å²) < 4.78 is 31.9. The molecule has 19 nitrogen and oxygen atoms in total. The van der Waals surface area contributed by atoms with Crippen LogP contribution in [0, 0.1) is 0 Å². The molecule has 0 radical (unpaired) electrons. The second-order valence-corrected chi connectivity index (χ2v) is 18.9. The molecule has 75 heavy (non-hydrogen) atoms. The number of alkyl carbamates (subject to hydrolysis) is 3. The molecule has 4 amide bonds. The monoisotopic (exact) mass is 1040 g/mol. The fourth-order valence-corrected chi connectivity index (χ4v) is 8.56. The normalized spacial score (nSPS) is 13.1. The van der Waals surface area contributed by atoms with Gasteiger partial charge in [-0.1, -0.05) is 97.1 Å². The van der Waals surface area contributed by atoms with Gasteiger partial charge in [-0.2, -0.15) is 0 Å². The molecule has 2 aliphatic carbocycles. The highest BCUT2D eigenvalue weighted by atomic mass is 16.6. The topological polar surface area (TPSA) is 272 Å². The number of nitrogens with two attached hydrogens (primary N) is 1. The van der Waals surface area contributed by atoms with Gasteiger partial charge in [-0.3, -0.25) is 9.59 Å². The summed E-state index contributed by atoms with van der Waals surface area (Å²) in [6.45, 7) is 8.67. The lowest BCUT2D eigenvalue weighted by Crippen LogP contribution is -2.43. The molecule has 8 N–H and O–H groups in total. The maximum Gasteiger partial charge on any atom is 0.408 e. The lowest BCUT2D eigenvalue weighted by atomic mass is 9.98. The van der Waals surface area contributed by atoms with Gasteiger partial charge >= 0.3 is 30.2 Å². The smallest absolute Gasteiger partial charge is 0.408 e. The number of carboxylic acids is 2. The minimum Gasteiger partial charge on any atom is -0.481 e. The van der Waals surface area contributed by atoms with Crippen molar-refractivity contribution in [2.24, 2.45) is 5.73 Å². The molecule has 0 saturated heterocycles. The van der Waals surface area contributed by atoms with Crippen molar-refractivity contribution >= 4 is 36.1 Å². The van der Waals surface area contributed by atoms with Crippen LogP contribution in [-0.2, 0) is 42.8 Å². The number of hydrogen-bond donors (Lipinski definition) is 7. The fourth-order valence-electron chi connectivity index (χ4n) is 8.56. The van der Waals surface area contributed by atoms with Gasteiger partial charge in [0.05, 0.1) is 52.1 Å². The Balaban J connectivity index is 0.000000282. The van der Waals surface area contributed by atoms with E-state index < -0.39 is 47.9 Å². The molecule has 0 aromatic heterocycles. The van der Waals surface area contributed by atoms with Gasteiger partial charge in [0.15, 0.2) is 0 Å². The lowest BCUT2D eigenvalue weighted by molar-refractivity contribution is -0.140. The Labute approximate surface area is 438 Å². The number of benzene rings is 4. The predicted molar refractivity (Wildman–Crippen MR) is 280 cm³/mol. The Morgan fingerprint density at radius 2 is 0.947 bits per heavy atom. The third kappa shape index (κ3) is 20.0. The van der Waals surface area contributed by atoms with Crippen LogP contribution in [0.25, 0.3) is 22.3 Å². The second-order valence-electron chi connectivity index (χ2n) is 18.9. The summed E-state index contributed by atoms with van der Waals surface area (Å²) in [7, 11) is 0. The number of ether oxygens (including phenoxy) is 6. The van der Waals surface area contributed by atoms with E-state index in [1.165, 1.54) is 33.4 Å². The van der Waals surface area contributed by atoms with E-state index in [2.05, 4.69) is 69.8 Å². The molecule has 0 heterocycles. The summed E-state index contributed by atoms with van der Waals surface area (Å²) in [6, 6.07) is 31.0. The molecule has 0 fully saturated rings. The van der Waals surface area contributed by atoms with Crippen LogP contribution in [0.2, 0.25) is 0 Å². The van der Waals surface area contributed by atoms with E-state index in [0.29, 0.717) is 84.8 Å². The van der Waals surface area contributed by atoms with E-state index in [1.807, 2.05) is 48.5 Å². The first-order valence-corrected chi connectivity index (χ1v) is 25.5. The van der Waals surface area contributed by atoms with E-state index >= 15 is 0 Å². The van der Waals surface area contributed by atoms with Gasteiger partial charge in [-0.05, 0) is 104 Å². The average Bonchev–Trinajstić information content (AvgIpc) is 3.88. The maximum absolute atomic E-state index is 12.3. The molecule has 0 spiro atoms. The zero-order chi connectivity index (χ0) is 54.0. The van der Waals surface area contributed by atoms with Gasteiger partial charge in [0.25, 0.3) is 0 Å². The van der Waals surface area contributed by atoms with Crippen molar-refractivity contribution in [3.8, 4) is 22.3 Å². The van der Waals surface area contributed by atoms with Crippen LogP contribution in [0.15, 0.2) is 97.1 Å². The highest BCUT2D eigenvalue weighted by Gasteiger charge is 2.31. The van der Waals surface area contributed by atoms with Crippen molar-refractivity contribution in [3.63, 3.8) is 0 Å². The van der Waals surface area contributed by atoms with E-state index in [4.69, 9.17) is 39.3 Å². The van der Waals surface area contributed by atoms with Crippen molar-refractivity contribution in [2.75, 3.05) is 72.5 Å². The van der Waals surface area contributed by atoms with Crippen LogP contribution in [0.5, 0.6) is 0 Å². The van der Waals surface area contributed by atoms with Gasteiger partial charge in [0.2, 0.25) is 5.91 Å². The molecular formula is C56H73N5O14. The first-order valence-electron chi connectivity index (χ1n) is 25.5.